The van der Waals surface area contributed by atoms with Crippen LogP contribution in [0.3, 0.4) is 0 Å². The molecule has 2 N–H and O–H groups in total. The van der Waals surface area contributed by atoms with Gasteiger partial charge in [0.2, 0.25) is 5.91 Å². The molecule has 0 radical (unpaired) electrons. The fraction of sp³-hybridized carbons (Fsp3) is 0.294. The monoisotopic (exact) mass is 335 g/mol. The molecule has 1 aliphatic rings. The molecule has 0 unspecified atom stereocenters. The minimum atomic E-state index is -0.272. The molecule has 0 saturated heterocycles. The molecule has 1 saturated carbocycles. The van der Waals surface area contributed by atoms with Crippen molar-refractivity contribution in [1.82, 2.24) is 9.88 Å². The average molecular weight is 336 g/mol. The van der Waals surface area contributed by atoms with E-state index in [-0.39, 0.29) is 36.6 Å². The van der Waals surface area contributed by atoms with Crippen LogP contribution in [0.25, 0.3) is 0 Å². The molecule has 1 heterocycles. The number of aromatic nitrogens is 1. The van der Waals surface area contributed by atoms with Gasteiger partial charge in [-0.25, -0.2) is 4.39 Å². The van der Waals surface area contributed by atoms with Crippen LogP contribution in [-0.4, -0.2) is 21.8 Å². The van der Waals surface area contributed by atoms with Crippen molar-refractivity contribution in [3.05, 3.63) is 59.7 Å². The lowest BCUT2D eigenvalue weighted by Crippen LogP contribution is -2.34. The Hall–Kier alpha value is -2.14. The van der Waals surface area contributed by atoms with Gasteiger partial charge in [-0.1, -0.05) is 18.2 Å². The highest BCUT2D eigenvalue weighted by Gasteiger charge is 2.32. The van der Waals surface area contributed by atoms with Gasteiger partial charge in [-0.2, -0.15) is 0 Å². The predicted octanol–water partition coefficient (Wildman–Crippen LogP) is 2.96. The molecule has 4 nitrogen and oxygen atoms in total. The molecule has 23 heavy (non-hydrogen) atoms. The second-order valence-corrected chi connectivity index (χ2v) is 5.60. The summed E-state index contributed by atoms with van der Waals surface area (Å²) < 4.78 is 13.8. The zero-order chi connectivity index (χ0) is 15.5. The third-order valence-electron chi connectivity index (χ3n) is 3.79. The van der Waals surface area contributed by atoms with Gasteiger partial charge in [-0.3, -0.25) is 9.78 Å². The van der Waals surface area contributed by atoms with E-state index in [1.807, 2.05) is 0 Å². The summed E-state index contributed by atoms with van der Waals surface area (Å²) in [5.41, 5.74) is 7.39. The second-order valence-electron chi connectivity index (χ2n) is 5.60. The summed E-state index contributed by atoms with van der Waals surface area (Å²) >= 11 is 0. The Morgan fingerprint density at radius 3 is 2.61 bits per heavy atom. The Bertz CT molecular complexity index is 674. The highest BCUT2D eigenvalue weighted by Crippen LogP contribution is 2.29. The lowest BCUT2D eigenvalue weighted by atomic mass is 10.1. The number of nitrogens with zero attached hydrogens (tertiary/aromatic N) is 2. The number of halogens is 2. The quantitative estimate of drug-likeness (QED) is 0.913. The molecule has 0 atom stereocenters. The summed E-state index contributed by atoms with van der Waals surface area (Å²) in [5.74, 6) is -0.297. The normalized spacial score (nSPS) is 13.3. The first-order chi connectivity index (χ1) is 10.6. The average Bonchev–Trinajstić information content (AvgIpc) is 3.33. The topological polar surface area (TPSA) is 59.2 Å². The van der Waals surface area contributed by atoms with E-state index in [2.05, 4.69) is 4.98 Å². The standard InChI is InChI=1S/C17H18FN3O.ClH/c18-16-4-2-1-3-12(16)11-21(15-7-8-15)17(22)9-14-6-5-13(19)10-20-14;/h1-6,10,15H,7-9,11,19H2;1H. The van der Waals surface area contributed by atoms with Crippen molar-refractivity contribution in [2.45, 2.75) is 31.8 Å². The lowest BCUT2D eigenvalue weighted by molar-refractivity contribution is -0.131. The number of hydrogen-bond acceptors (Lipinski definition) is 3. The Morgan fingerprint density at radius 2 is 2.00 bits per heavy atom. The van der Waals surface area contributed by atoms with E-state index in [1.165, 1.54) is 6.07 Å². The molecular weight excluding hydrogens is 317 g/mol. The van der Waals surface area contributed by atoms with Crippen LogP contribution in [0.1, 0.15) is 24.1 Å². The highest BCUT2D eigenvalue weighted by molar-refractivity contribution is 5.85. The summed E-state index contributed by atoms with van der Waals surface area (Å²) in [6, 6.07) is 10.3. The maximum atomic E-state index is 13.8. The summed E-state index contributed by atoms with van der Waals surface area (Å²) in [6.45, 7) is 0.311. The lowest BCUT2D eigenvalue weighted by Gasteiger charge is -2.22. The molecule has 1 aliphatic carbocycles. The Balaban J connectivity index is 0.00000192. The molecule has 0 aliphatic heterocycles. The number of pyridine rings is 1. The number of nitrogens with two attached hydrogens (primary N) is 1. The zero-order valence-electron chi connectivity index (χ0n) is 12.6. The number of nitrogen functional groups attached to an aromatic ring is 1. The van der Waals surface area contributed by atoms with Gasteiger partial charge in [0.1, 0.15) is 5.82 Å². The first-order valence-corrected chi connectivity index (χ1v) is 7.37. The molecule has 0 bridgehead atoms. The van der Waals surface area contributed by atoms with E-state index >= 15 is 0 Å². The molecule has 1 aromatic heterocycles. The SMILES string of the molecule is Cl.Nc1ccc(CC(=O)N(Cc2ccccc2F)C2CC2)nc1. The van der Waals surface area contributed by atoms with Crippen LogP contribution in [0.4, 0.5) is 10.1 Å². The van der Waals surface area contributed by atoms with Crippen LogP contribution >= 0.6 is 12.4 Å². The molecule has 0 spiro atoms. The molecular formula is C17H19ClFN3O. The van der Waals surface area contributed by atoms with Gasteiger partial charge in [-0.15, -0.1) is 12.4 Å². The van der Waals surface area contributed by atoms with E-state index < -0.39 is 0 Å². The Labute approximate surface area is 140 Å². The summed E-state index contributed by atoms with van der Waals surface area (Å²) in [4.78, 5) is 18.4. The highest BCUT2D eigenvalue weighted by atomic mass is 35.5. The Kier molecular flexibility index (Phi) is 5.55. The number of rotatable bonds is 5. The van der Waals surface area contributed by atoms with Crippen LogP contribution in [-0.2, 0) is 17.8 Å². The molecule has 6 heteroatoms. The van der Waals surface area contributed by atoms with Crippen molar-refractivity contribution in [2.75, 3.05) is 5.73 Å². The number of benzene rings is 1. The second kappa shape index (κ2) is 7.42. The smallest absolute Gasteiger partial charge is 0.229 e. The number of amides is 1. The number of carbonyl (C=O) groups excluding carboxylic acids is 1. The third kappa shape index (κ3) is 4.42. The van der Waals surface area contributed by atoms with E-state index in [4.69, 9.17) is 5.73 Å². The van der Waals surface area contributed by atoms with Gasteiger partial charge in [-0.05, 0) is 31.0 Å². The fourth-order valence-electron chi connectivity index (χ4n) is 2.41. The molecule has 1 fully saturated rings. The van der Waals surface area contributed by atoms with E-state index in [0.29, 0.717) is 23.5 Å². The van der Waals surface area contributed by atoms with Crippen molar-refractivity contribution in [1.29, 1.82) is 0 Å². The fourth-order valence-corrected chi connectivity index (χ4v) is 2.41. The number of carbonyl (C=O) groups is 1. The van der Waals surface area contributed by atoms with Crippen LogP contribution in [0, 0.1) is 5.82 Å². The molecule has 1 amide bonds. The predicted molar refractivity (Wildman–Crippen MR) is 89.6 cm³/mol. The van der Waals surface area contributed by atoms with Crippen molar-refractivity contribution in [2.24, 2.45) is 0 Å². The minimum absolute atomic E-state index is 0. The zero-order valence-corrected chi connectivity index (χ0v) is 13.4. The third-order valence-corrected chi connectivity index (χ3v) is 3.79. The maximum absolute atomic E-state index is 13.8. The van der Waals surface area contributed by atoms with Crippen molar-refractivity contribution < 1.29 is 9.18 Å². The van der Waals surface area contributed by atoms with Crippen molar-refractivity contribution in [3.8, 4) is 0 Å². The molecule has 122 valence electrons. The maximum Gasteiger partial charge on any atom is 0.229 e. The molecule has 1 aromatic carbocycles. The van der Waals surface area contributed by atoms with Crippen molar-refractivity contribution in [3.63, 3.8) is 0 Å². The summed E-state index contributed by atoms with van der Waals surface area (Å²) in [7, 11) is 0. The first-order valence-electron chi connectivity index (χ1n) is 7.37. The van der Waals surface area contributed by atoms with Crippen LogP contribution in [0.2, 0.25) is 0 Å². The minimum Gasteiger partial charge on any atom is -0.397 e. The van der Waals surface area contributed by atoms with Gasteiger partial charge in [0.05, 0.1) is 18.3 Å². The van der Waals surface area contributed by atoms with E-state index in [0.717, 1.165) is 12.8 Å². The first kappa shape index (κ1) is 17.2. The van der Waals surface area contributed by atoms with Crippen molar-refractivity contribution >= 4 is 24.0 Å². The van der Waals surface area contributed by atoms with Crippen LogP contribution in [0.15, 0.2) is 42.6 Å². The number of hydrogen-bond donors (Lipinski definition) is 1. The van der Waals surface area contributed by atoms with Gasteiger partial charge >= 0.3 is 0 Å². The molecule has 3 rings (SSSR count). The molecule has 2 aromatic rings. The van der Waals surface area contributed by atoms with Gasteiger partial charge in [0.25, 0.3) is 0 Å². The number of anilines is 1. The Morgan fingerprint density at radius 1 is 1.26 bits per heavy atom. The van der Waals surface area contributed by atoms with Crippen LogP contribution < -0.4 is 5.73 Å². The summed E-state index contributed by atoms with van der Waals surface area (Å²) in [6.07, 6.45) is 3.72. The van der Waals surface area contributed by atoms with Gasteiger partial charge in [0.15, 0.2) is 0 Å². The van der Waals surface area contributed by atoms with Crippen LogP contribution in [0.5, 0.6) is 0 Å². The summed E-state index contributed by atoms with van der Waals surface area (Å²) in [5, 5.41) is 0. The van der Waals surface area contributed by atoms with E-state index in [9.17, 15) is 9.18 Å². The largest absolute Gasteiger partial charge is 0.397 e. The van der Waals surface area contributed by atoms with E-state index in [1.54, 1.807) is 41.4 Å². The van der Waals surface area contributed by atoms with Gasteiger partial charge < -0.3 is 10.6 Å². The van der Waals surface area contributed by atoms with Gasteiger partial charge in [0, 0.05) is 23.8 Å².